The zero-order valence-electron chi connectivity index (χ0n) is 8.80. The predicted octanol–water partition coefficient (Wildman–Crippen LogP) is 0.0306. The van der Waals surface area contributed by atoms with E-state index in [0.29, 0.717) is 0 Å². The van der Waals surface area contributed by atoms with Gasteiger partial charge in [0.25, 0.3) is 10.1 Å². The fourth-order valence-electron chi connectivity index (χ4n) is 1.49. The van der Waals surface area contributed by atoms with Gasteiger partial charge in [-0.25, -0.2) is 0 Å². The molecule has 0 aliphatic rings. The number of aliphatic hydroxyl groups is 2. The molecule has 0 bridgehead atoms. The first kappa shape index (κ1) is 13.8. The molecular formula is C8H18O5S. The van der Waals surface area contributed by atoms with Crippen LogP contribution in [-0.4, -0.2) is 40.6 Å². The molecule has 86 valence electrons. The number of aliphatic hydroxyl groups excluding tert-OH is 2. The third kappa shape index (κ3) is 2.91. The van der Waals surface area contributed by atoms with Gasteiger partial charge in [-0.2, -0.15) is 8.42 Å². The first-order valence-electron chi connectivity index (χ1n) is 4.33. The third-order valence-corrected chi connectivity index (χ3v) is 4.21. The van der Waals surface area contributed by atoms with Gasteiger partial charge < -0.3 is 10.2 Å². The Morgan fingerprint density at radius 2 is 1.50 bits per heavy atom. The van der Waals surface area contributed by atoms with Crippen LogP contribution in [0.2, 0.25) is 0 Å². The molecule has 14 heavy (non-hydrogen) atoms. The molecule has 3 atom stereocenters. The highest BCUT2D eigenvalue weighted by Gasteiger charge is 2.44. The van der Waals surface area contributed by atoms with Crippen molar-refractivity contribution in [3.63, 3.8) is 0 Å². The Labute approximate surface area is 84.5 Å². The van der Waals surface area contributed by atoms with Crippen LogP contribution in [0.4, 0.5) is 0 Å². The molecule has 0 saturated carbocycles. The zero-order chi connectivity index (χ0) is 11.7. The molecule has 0 rings (SSSR count). The van der Waals surface area contributed by atoms with Gasteiger partial charge in [-0.15, -0.1) is 0 Å². The van der Waals surface area contributed by atoms with Crippen LogP contribution in [0.15, 0.2) is 0 Å². The molecule has 3 N–H and O–H groups in total. The van der Waals surface area contributed by atoms with Gasteiger partial charge in [0.05, 0.1) is 12.2 Å². The van der Waals surface area contributed by atoms with E-state index in [1.54, 1.807) is 0 Å². The second-order valence-electron chi connectivity index (χ2n) is 4.17. The largest absolute Gasteiger partial charge is 0.393 e. The van der Waals surface area contributed by atoms with Gasteiger partial charge in [0.1, 0.15) is 5.25 Å². The van der Waals surface area contributed by atoms with Crippen LogP contribution in [0.25, 0.3) is 0 Å². The molecule has 0 saturated heterocycles. The van der Waals surface area contributed by atoms with Gasteiger partial charge in [-0.05, 0) is 13.8 Å². The van der Waals surface area contributed by atoms with Crippen LogP contribution in [-0.2, 0) is 10.1 Å². The van der Waals surface area contributed by atoms with E-state index >= 15 is 0 Å². The van der Waals surface area contributed by atoms with Gasteiger partial charge in [0, 0.05) is 5.41 Å². The van der Waals surface area contributed by atoms with Gasteiger partial charge in [-0.3, -0.25) is 4.55 Å². The number of hydrogen-bond donors (Lipinski definition) is 3. The maximum atomic E-state index is 11.0. The summed E-state index contributed by atoms with van der Waals surface area (Å²) in [7, 11) is -4.38. The van der Waals surface area contributed by atoms with Crippen molar-refractivity contribution in [1.29, 1.82) is 0 Å². The smallest absolute Gasteiger partial charge is 0.270 e. The van der Waals surface area contributed by atoms with Crippen LogP contribution in [0.5, 0.6) is 0 Å². The van der Waals surface area contributed by atoms with Gasteiger partial charge >= 0.3 is 0 Å². The van der Waals surface area contributed by atoms with Crippen LogP contribution >= 0.6 is 0 Å². The van der Waals surface area contributed by atoms with Gasteiger partial charge in [0.15, 0.2) is 0 Å². The van der Waals surface area contributed by atoms with Gasteiger partial charge in [-0.1, -0.05) is 13.8 Å². The molecule has 0 fully saturated rings. The minimum Gasteiger partial charge on any atom is -0.393 e. The van der Waals surface area contributed by atoms with E-state index in [4.69, 9.17) is 4.55 Å². The number of hydrogen-bond acceptors (Lipinski definition) is 4. The lowest BCUT2D eigenvalue weighted by Gasteiger charge is -2.36. The fraction of sp³-hybridized carbons (Fsp3) is 1.00. The SMILES string of the molecule is CC(O)C(C(C)(C)C(C)O)S(=O)(=O)O. The van der Waals surface area contributed by atoms with Gasteiger partial charge in [0.2, 0.25) is 0 Å². The lowest BCUT2D eigenvalue weighted by atomic mass is 9.81. The second kappa shape index (κ2) is 4.14. The lowest BCUT2D eigenvalue weighted by Crippen LogP contribution is -2.49. The highest BCUT2D eigenvalue weighted by Crippen LogP contribution is 2.32. The van der Waals surface area contributed by atoms with E-state index < -0.39 is 33.0 Å². The molecule has 0 aromatic rings. The topological polar surface area (TPSA) is 94.8 Å². The van der Waals surface area contributed by atoms with Crippen molar-refractivity contribution in [1.82, 2.24) is 0 Å². The Balaban J connectivity index is 5.25. The summed E-state index contributed by atoms with van der Waals surface area (Å²) in [6.45, 7) is 5.63. The molecule has 0 aliphatic heterocycles. The summed E-state index contributed by atoms with van der Waals surface area (Å²) >= 11 is 0. The fourth-order valence-corrected chi connectivity index (χ4v) is 2.95. The van der Waals surface area contributed by atoms with Crippen molar-refractivity contribution < 1.29 is 23.2 Å². The van der Waals surface area contributed by atoms with Crippen molar-refractivity contribution in [3.8, 4) is 0 Å². The second-order valence-corrected chi connectivity index (χ2v) is 5.71. The van der Waals surface area contributed by atoms with Crippen LogP contribution in [0.3, 0.4) is 0 Å². The lowest BCUT2D eigenvalue weighted by molar-refractivity contribution is 0.0262. The Bertz CT molecular complexity index is 278. The first-order valence-corrected chi connectivity index (χ1v) is 5.84. The summed E-state index contributed by atoms with van der Waals surface area (Å²) in [4.78, 5) is 0. The van der Waals surface area contributed by atoms with Crippen molar-refractivity contribution in [2.24, 2.45) is 5.41 Å². The Hall–Kier alpha value is -0.170. The minimum absolute atomic E-state index is 0.955. The summed E-state index contributed by atoms with van der Waals surface area (Å²) in [5, 5.41) is 17.3. The normalized spacial score (nSPS) is 20.2. The highest BCUT2D eigenvalue weighted by atomic mass is 32.2. The van der Waals surface area contributed by atoms with Crippen LogP contribution in [0.1, 0.15) is 27.7 Å². The molecule has 5 nitrogen and oxygen atoms in total. The van der Waals surface area contributed by atoms with E-state index in [1.165, 1.54) is 27.7 Å². The zero-order valence-corrected chi connectivity index (χ0v) is 9.61. The summed E-state index contributed by atoms with van der Waals surface area (Å²) in [6, 6.07) is 0. The predicted molar refractivity (Wildman–Crippen MR) is 52.5 cm³/mol. The third-order valence-electron chi connectivity index (χ3n) is 2.57. The molecule has 0 radical (unpaired) electrons. The molecule has 0 aromatic heterocycles. The Morgan fingerprint density at radius 1 is 1.14 bits per heavy atom. The first-order chi connectivity index (χ1) is 6.01. The summed E-state index contributed by atoms with van der Waals surface area (Å²) in [5.74, 6) is 0. The van der Waals surface area contributed by atoms with E-state index in [9.17, 15) is 18.6 Å². The molecule has 0 heterocycles. The average Bonchev–Trinajstić information content (AvgIpc) is 1.79. The summed E-state index contributed by atoms with van der Waals surface area (Å²) in [6.07, 6.45) is -2.20. The maximum Gasteiger partial charge on any atom is 0.270 e. The van der Waals surface area contributed by atoms with Crippen molar-refractivity contribution in [2.45, 2.75) is 45.2 Å². The molecule has 0 amide bonds. The quantitative estimate of drug-likeness (QED) is 0.588. The van der Waals surface area contributed by atoms with E-state index in [0.717, 1.165) is 0 Å². The molecule has 6 heteroatoms. The Morgan fingerprint density at radius 3 is 1.57 bits per heavy atom. The average molecular weight is 226 g/mol. The minimum atomic E-state index is -4.38. The van der Waals surface area contributed by atoms with E-state index in [-0.39, 0.29) is 0 Å². The molecule has 0 aliphatic carbocycles. The molecule has 0 spiro atoms. The van der Waals surface area contributed by atoms with E-state index in [1.807, 2.05) is 0 Å². The van der Waals surface area contributed by atoms with Crippen molar-refractivity contribution in [2.75, 3.05) is 0 Å². The summed E-state index contributed by atoms with van der Waals surface area (Å²) in [5.41, 5.74) is -1.11. The highest BCUT2D eigenvalue weighted by molar-refractivity contribution is 7.86. The van der Waals surface area contributed by atoms with Crippen LogP contribution in [0, 0.1) is 5.41 Å². The number of rotatable bonds is 4. The monoisotopic (exact) mass is 226 g/mol. The maximum absolute atomic E-state index is 11.0. The van der Waals surface area contributed by atoms with Crippen molar-refractivity contribution in [3.05, 3.63) is 0 Å². The summed E-state index contributed by atoms with van der Waals surface area (Å²) < 4.78 is 31.0. The van der Waals surface area contributed by atoms with E-state index in [2.05, 4.69) is 0 Å². The van der Waals surface area contributed by atoms with Crippen LogP contribution < -0.4 is 0 Å². The molecule has 3 unspecified atom stereocenters. The molecular weight excluding hydrogens is 208 g/mol. The Kier molecular flexibility index (Phi) is 4.09. The standard InChI is InChI=1S/C8H18O5S/c1-5(9)7(14(11,12)13)8(3,4)6(2)10/h5-7,9-10H,1-4H3,(H,11,12,13). The van der Waals surface area contributed by atoms with Crippen molar-refractivity contribution >= 4 is 10.1 Å². The molecule has 0 aromatic carbocycles.